The summed E-state index contributed by atoms with van der Waals surface area (Å²) in [4.78, 5) is 34.9. The summed E-state index contributed by atoms with van der Waals surface area (Å²) in [5.41, 5.74) is 0.355. The number of methoxy groups -OCH3 is 1. The lowest BCUT2D eigenvalue weighted by atomic mass is 10.1. The van der Waals surface area contributed by atoms with E-state index in [9.17, 15) is 19.5 Å². The van der Waals surface area contributed by atoms with Gasteiger partial charge in [0.05, 0.1) is 12.1 Å². The van der Waals surface area contributed by atoms with E-state index in [-0.39, 0.29) is 23.3 Å². The van der Waals surface area contributed by atoms with Gasteiger partial charge in [-0.3, -0.25) is 9.59 Å². The molecule has 0 spiro atoms. The zero-order valence-electron chi connectivity index (χ0n) is 13.9. The second kappa shape index (κ2) is 8.71. The van der Waals surface area contributed by atoms with E-state index in [1.807, 2.05) is 0 Å². The zero-order valence-corrected chi connectivity index (χ0v) is 14.6. The van der Waals surface area contributed by atoms with Crippen LogP contribution in [0.4, 0.5) is 0 Å². The van der Waals surface area contributed by atoms with Gasteiger partial charge in [0.25, 0.3) is 0 Å². The van der Waals surface area contributed by atoms with Gasteiger partial charge >= 0.3 is 5.97 Å². The van der Waals surface area contributed by atoms with Crippen LogP contribution in [-0.4, -0.2) is 36.5 Å². The second-order valence-corrected chi connectivity index (χ2v) is 6.31. The van der Waals surface area contributed by atoms with Gasteiger partial charge in [0.1, 0.15) is 5.75 Å². The molecule has 1 atom stereocenters. The van der Waals surface area contributed by atoms with Crippen LogP contribution in [0.2, 0.25) is 5.02 Å². The third kappa shape index (κ3) is 5.63. The fourth-order valence-corrected chi connectivity index (χ4v) is 2.60. The molecule has 0 saturated heterocycles. The molecule has 0 heterocycles. The van der Waals surface area contributed by atoms with Crippen LogP contribution in [0, 0.1) is 5.92 Å². The highest BCUT2D eigenvalue weighted by atomic mass is 35.5. The van der Waals surface area contributed by atoms with Crippen LogP contribution in [0.25, 0.3) is 0 Å². The van der Waals surface area contributed by atoms with E-state index in [1.165, 1.54) is 13.2 Å². The molecule has 7 nitrogen and oxygen atoms in total. The number of aliphatic carboxylic acids is 1. The first-order valence-corrected chi connectivity index (χ1v) is 8.43. The molecule has 136 valence electrons. The second-order valence-electron chi connectivity index (χ2n) is 5.90. The van der Waals surface area contributed by atoms with E-state index in [0.717, 1.165) is 12.8 Å². The molecule has 0 radical (unpaired) electrons. The van der Waals surface area contributed by atoms with Gasteiger partial charge in [-0.25, -0.2) is 4.79 Å². The number of benzene rings is 1. The Morgan fingerprint density at radius 3 is 2.64 bits per heavy atom. The largest absolute Gasteiger partial charge is 0.495 e. The van der Waals surface area contributed by atoms with Gasteiger partial charge in [0, 0.05) is 18.9 Å². The highest BCUT2D eigenvalue weighted by molar-refractivity contribution is 6.32. The van der Waals surface area contributed by atoms with Crippen LogP contribution in [0.3, 0.4) is 0 Å². The van der Waals surface area contributed by atoms with Crippen LogP contribution in [0.15, 0.2) is 18.2 Å². The highest BCUT2D eigenvalue weighted by Gasteiger charge is 2.29. The predicted molar refractivity (Wildman–Crippen MR) is 91.5 cm³/mol. The Kier molecular flexibility index (Phi) is 6.64. The van der Waals surface area contributed by atoms with E-state index < -0.39 is 17.9 Å². The van der Waals surface area contributed by atoms with Gasteiger partial charge in [-0.1, -0.05) is 17.7 Å². The van der Waals surface area contributed by atoms with Crippen LogP contribution in [-0.2, 0) is 14.4 Å². The molecule has 0 bridgehead atoms. The maximum absolute atomic E-state index is 12.0. The van der Waals surface area contributed by atoms with E-state index >= 15 is 0 Å². The Hall–Kier alpha value is -2.28. The van der Waals surface area contributed by atoms with E-state index in [2.05, 4.69) is 10.6 Å². The number of hydrogen-bond donors (Lipinski definition) is 3. The quantitative estimate of drug-likeness (QED) is 0.577. The first kappa shape index (κ1) is 19.1. The summed E-state index contributed by atoms with van der Waals surface area (Å²) in [5, 5.41) is 14.9. The smallest absolute Gasteiger partial charge is 0.330 e. The lowest BCUT2D eigenvalue weighted by molar-refractivity contribution is -0.142. The number of carboxylic acid groups (broad SMARTS) is 1. The number of ether oxygens (including phenoxy) is 1. The molecule has 1 aliphatic rings. The molecule has 8 heteroatoms. The van der Waals surface area contributed by atoms with Crippen molar-refractivity contribution in [1.82, 2.24) is 10.6 Å². The van der Waals surface area contributed by atoms with Crippen molar-refractivity contribution in [3.05, 3.63) is 28.8 Å². The van der Waals surface area contributed by atoms with Crippen LogP contribution >= 0.6 is 11.6 Å². The number of carbonyl (C=O) groups is 3. The van der Waals surface area contributed by atoms with Crippen molar-refractivity contribution in [2.24, 2.45) is 5.92 Å². The van der Waals surface area contributed by atoms with Crippen molar-refractivity contribution >= 4 is 29.4 Å². The van der Waals surface area contributed by atoms with E-state index in [4.69, 9.17) is 16.3 Å². The Balaban J connectivity index is 1.85. The fourth-order valence-electron chi connectivity index (χ4n) is 2.33. The van der Waals surface area contributed by atoms with Crippen molar-refractivity contribution < 1.29 is 24.2 Å². The average molecular weight is 369 g/mol. The molecule has 1 fully saturated rings. The maximum Gasteiger partial charge on any atom is 0.330 e. The third-order valence-corrected chi connectivity index (χ3v) is 4.18. The Morgan fingerprint density at radius 1 is 1.36 bits per heavy atom. The summed E-state index contributed by atoms with van der Waals surface area (Å²) in [6.07, 6.45) is 2.42. The minimum absolute atomic E-state index is 0.0247. The van der Waals surface area contributed by atoms with E-state index in [0.29, 0.717) is 24.3 Å². The summed E-state index contributed by atoms with van der Waals surface area (Å²) in [7, 11) is 1.46. The lowest BCUT2D eigenvalue weighted by Gasteiger charge is -2.16. The van der Waals surface area contributed by atoms with Crippen LogP contribution in [0.1, 0.15) is 37.3 Å². The monoisotopic (exact) mass is 368 g/mol. The van der Waals surface area contributed by atoms with Crippen molar-refractivity contribution in [3.63, 3.8) is 0 Å². The number of carbonyl (C=O) groups excluding carboxylic acids is 2. The fraction of sp³-hybridized carbons (Fsp3) is 0.471. The van der Waals surface area contributed by atoms with Gasteiger partial charge in [-0.05, 0) is 37.0 Å². The van der Waals surface area contributed by atoms with E-state index in [1.54, 1.807) is 12.1 Å². The van der Waals surface area contributed by atoms with Gasteiger partial charge in [0.15, 0.2) is 6.04 Å². The third-order valence-electron chi connectivity index (χ3n) is 3.89. The zero-order chi connectivity index (χ0) is 18.4. The normalized spacial score (nSPS) is 14.5. The minimum atomic E-state index is -1.20. The molecule has 0 aliphatic heterocycles. The number of amides is 2. The molecule has 1 aromatic rings. The molecule has 1 unspecified atom stereocenters. The molecule has 3 N–H and O–H groups in total. The molecule has 1 aromatic carbocycles. The predicted octanol–water partition coefficient (Wildman–Crippen LogP) is 1.90. The molecular formula is C17H21ClN2O5. The van der Waals surface area contributed by atoms with Crippen molar-refractivity contribution in [2.75, 3.05) is 13.7 Å². The average Bonchev–Trinajstić information content (AvgIpc) is 3.41. The van der Waals surface area contributed by atoms with Crippen LogP contribution < -0.4 is 15.4 Å². The number of nitrogens with one attached hydrogen (secondary N) is 2. The summed E-state index contributed by atoms with van der Waals surface area (Å²) < 4.78 is 5.03. The lowest BCUT2D eigenvalue weighted by Crippen LogP contribution is -2.34. The highest BCUT2D eigenvalue weighted by Crippen LogP contribution is 2.29. The standard InChI is InChI=1S/C17H21ClN2O5/c1-25-13-7-6-11(9-12(13)18)15(17(23)24)20-14(21)3-2-8-19-16(22)10-4-5-10/h6-7,9-10,15H,2-5,8H2,1H3,(H,19,22)(H,20,21)(H,23,24). The van der Waals surface area contributed by atoms with Crippen LogP contribution in [0.5, 0.6) is 5.75 Å². The first-order chi connectivity index (χ1) is 11.9. The van der Waals surface area contributed by atoms with Crippen molar-refractivity contribution in [3.8, 4) is 5.75 Å². The van der Waals surface area contributed by atoms with Gasteiger partial charge in [0.2, 0.25) is 11.8 Å². The molecule has 1 aliphatic carbocycles. The number of rotatable bonds is 9. The molecular weight excluding hydrogens is 348 g/mol. The minimum Gasteiger partial charge on any atom is -0.495 e. The Labute approximate surface area is 150 Å². The van der Waals surface area contributed by atoms with Gasteiger partial charge < -0.3 is 20.5 Å². The first-order valence-electron chi connectivity index (χ1n) is 8.05. The van der Waals surface area contributed by atoms with Gasteiger partial charge in [-0.2, -0.15) is 0 Å². The molecule has 2 amide bonds. The number of hydrogen-bond acceptors (Lipinski definition) is 4. The molecule has 25 heavy (non-hydrogen) atoms. The molecule has 0 aromatic heterocycles. The number of halogens is 1. The van der Waals surface area contributed by atoms with Crippen molar-refractivity contribution in [2.45, 2.75) is 31.7 Å². The Morgan fingerprint density at radius 2 is 2.08 bits per heavy atom. The molecule has 2 rings (SSSR count). The van der Waals surface area contributed by atoms with Gasteiger partial charge in [-0.15, -0.1) is 0 Å². The van der Waals surface area contributed by atoms with Crippen molar-refractivity contribution in [1.29, 1.82) is 0 Å². The SMILES string of the molecule is COc1ccc(C(NC(=O)CCCNC(=O)C2CC2)C(=O)O)cc1Cl. The number of carboxylic acids is 1. The Bertz CT molecular complexity index is 660. The summed E-state index contributed by atoms with van der Waals surface area (Å²) in [6.45, 7) is 0.398. The molecule has 1 saturated carbocycles. The maximum atomic E-state index is 12.0. The summed E-state index contributed by atoms with van der Waals surface area (Å²) in [5.74, 6) is -1.01. The topological polar surface area (TPSA) is 105 Å². The summed E-state index contributed by atoms with van der Waals surface area (Å²) >= 11 is 6.01. The summed E-state index contributed by atoms with van der Waals surface area (Å²) in [6, 6.07) is 3.35.